The third-order valence-electron chi connectivity index (χ3n) is 5.01. The highest BCUT2D eigenvalue weighted by molar-refractivity contribution is 9.09. The molecule has 0 aromatic carbocycles. The maximum atomic E-state index is 12.9. The lowest BCUT2D eigenvalue weighted by atomic mass is 9.84. The average molecular weight is 359 g/mol. The van der Waals surface area contributed by atoms with Crippen molar-refractivity contribution in [2.75, 3.05) is 11.9 Å². The fraction of sp³-hybridized carbons (Fsp3) is 0.875. The molecule has 2 rings (SSSR count). The third-order valence-corrected chi connectivity index (χ3v) is 5.84. The molecule has 0 aromatic heterocycles. The van der Waals surface area contributed by atoms with Crippen molar-refractivity contribution < 1.29 is 9.59 Å². The zero-order chi connectivity index (χ0) is 15.5. The van der Waals surface area contributed by atoms with Crippen molar-refractivity contribution in [2.24, 2.45) is 11.8 Å². The fourth-order valence-corrected chi connectivity index (χ4v) is 4.31. The van der Waals surface area contributed by atoms with Gasteiger partial charge in [0.15, 0.2) is 0 Å². The molecule has 1 unspecified atom stereocenters. The molecule has 0 bridgehead atoms. The van der Waals surface area contributed by atoms with E-state index >= 15 is 0 Å². The number of carbonyl (C=O) groups is 2. The molecule has 2 aliphatic rings. The number of imide groups is 1. The normalized spacial score (nSPS) is 24.1. The summed E-state index contributed by atoms with van der Waals surface area (Å²) in [6.45, 7) is 4.79. The van der Waals surface area contributed by atoms with E-state index in [2.05, 4.69) is 35.1 Å². The van der Waals surface area contributed by atoms with Crippen LogP contribution in [0.2, 0.25) is 0 Å². The molecule has 0 radical (unpaired) electrons. The van der Waals surface area contributed by atoms with E-state index in [1.54, 1.807) is 0 Å². The van der Waals surface area contributed by atoms with Gasteiger partial charge in [-0.1, -0.05) is 61.9 Å². The number of amides is 3. The minimum atomic E-state index is -0.606. The van der Waals surface area contributed by atoms with Gasteiger partial charge >= 0.3 is 6.03 Å². The van der Waals surface area contributed by atoms with Crippen molar-refractivity contribution in [3.63, 3.8) is 0 Å². The highest BCUT2D eigenvalue weighted by Crippen LogP contribution is 2.33. The van der Waals surface area contributed by atoms with Crippen LogP contribution in [0.1, 0.15) is 58.8 Å². The summed E-state index contributed by atoms with van der Waals surface area (Å²) in [7, 11) is 0. The number of nitrogens with one attached hydrogen (secondary N) is 1. The van der Waals surface area contributed by atoms with E-state index in [9.17, 15) is 9.59 Å². The standard InChI is InChI=1S/C16H27BrN2O2/c1-12(2)13(10-17)11-19-14(20)16(18-15(19)21)8-6-4-3-5-7-9-16/h12-13H,3-11H2,1-2H3,(H,18,21). The first kappa shape index (κ1) is 16.8. The molecular formula is C16H27BrN2O2. The van der Waals surface area contributed by atoms with Crippen molar-refractivity contribution in [3.05, 3.63) is 0 Å². The number of carbonyl (C=O) groups excluding carboxylic acids is 2. The van der Waals surface area contributed by atoms with E-state index in [1.165, 1.54) is 24.2 Å². The lowest BCUT2D eigenvalue weighted by Crippen LogP contribution is -2.47. The fourth-order valence-electron chi connectivity index (χ4n) is 3.36. The summed E-state index contributed by atoms with van der Waals surface area (Å²) >= 11 is 3.50. The van der Waals surface area contributed by atoms with Gasteiger partial charge in [-0.2, -0.15) is 0 Å². The first-order valence-corrected chi connectivity index (χ1v) is 9.32. The van der Waals surface area contributed by atoms with Crippen LogP contribution in [0.25, 0.3) is 0 Å². The molecule has 1 aliphatic heterocycles. The first-order valence-electron chi connectivity index (χ1n) is 8.20. The highest BCUT2D eigenvalue weighted by atomic mass is 79.9. The zero-order valence-electron chi connectivity index (χ0n) is 13.2. The van der Waals surface area contributed by atoms with E-state index < -0.39 is 5.54 Å². The Labute approximate surface area is 136 Å². The van der Waals surface area contributed by atoms with Gasteiger partial charge in [0.25, 0.3) is 5.91 Å². The van der Waals surface area contributed by atoms with Gasteiger partial charge in [-0.3, -0.25) is 9.69 Å². The number of hydrogen-bond acceptors (Lipinski definition) is 2. The molecule has 1 saturated carbocycles. The molecule has 0 aromatic rings. The summed E-state index contributed by atoms with van der Waals surface area (Å²) in [5.41, 5.74) is -0.606. The minimum absolute atomic E-state index is 0.0148. The van der Waals surface area contributed by atoms with Crippen LogP contribution >= 0.6 is 15.9 Å². The molecule has 1 spiro atoms. The Hall–Kier alpha value is -0.580. The van der Waals surface area contributed by atoms with E-state index in [4.69, 9.17) is 0 Å². The minimum Gasteiger partial charge on any atom is -0.323 e. The second kappa shape index (κ2) is 7.12. The molecule has 1 atom stereocenters. The van der Waals surface area contributed by atoms with Gasteiger partial charge in [0.2, 0.25) is 0 Å². The van der Waals surface area contributed by atoms with Gasteiger partial charge < -0.3 is 5.32 Å². The van der Waals surface area contributed by atoms with Crippen LogP contribution in [-0.4, -0.2) is 34.3 Å². The predicted molar refractivity (Wildman–Crippen MR) is 87.4 cm³/mol. The van der Waals surface area contributed by atoms with E-state index in [0.717, 1.165) is 31.0 Å². The lowest BCUT2D eigenvalue weighted by Gasteiger charge is -2.29. The number of alkyl halides is 1. The Morgan fingerprint density at radius 1 is 1.14 bits per heavy atom. The van der Waals surface area contributed by atoms with Gasteiger partial charge in [0, 0.05) is 11.9 Å². The van der Waals surface area contributed by atoms with Crippen molar-refractivity contribution in [1.82, 2.24) is 10.2 Å². The topological polar surface area (TPSA) is 49.4 Å². The largest absolute Gasteiger partial charge is 0.325 e. The molecule has 3 amide bonds. The maximum Gasteiger partial charge on any atom is 0.325 e. The van der Waals surface area contributed by atoms with Gasteiger partial charge in [-0.15, -0.1) is 0 Å². The van der Waals surface area contributed by atoms with Crippen LogP contribution < -0.4 is 5.32 Å². The van der Waals surface area contributed by atoms with Crippen LogP contribution in [0.15, 0.2) is 0 Å². The Morgan fingerprint density at radius 2 is 1.71 bits per heavy atom. The molecule has 1 aliphatic carbocycles. The molecule has 1 N–H and O–H groups in total. The van der Waals surface area contributed by atoms with Gasteiger partial charge in [-0.05, 0) is 24.7 Å². The maximum absolute atomic E-state index is 12.9. The number of urea groups is 1. The SMILES string of the molecule is CC(C)C(CBr)CN1C(=O)NC2(CCCCCCC2)C1=O. The quantitative estimate of drug-likeness (QED) is 0.615. The summed E-state index contributed by atoms with van der Waals surface area (Å²) < 4.78 is 0. The van der Waals surface area contributed by atoms with Crippen LogP contribution in [0.3, 0.4) is 0 Å². The molecule has 21 heavy (non-hydrogen) atoms. The van der Waals surface area contributed by atoms with E-state index in [-0.39, 0.29) is 11.9 Å². The smallest absolute Gasteiger partial charge is 0.323 e. The van der Waals surface area contributed by atoms with Gasteiger partial charge in [-0.25, -0.2) is 4.79 Å². The predicted octanol–water partition coefficient (Wildman–Crippen LogP) is 3.69. The van der Waals surface area contributed by atoms with Crippen LogP contribution in [0.4, 0.5) is 4.79 Å². The molecular weight excluding hydrogens is 332 g/mol. The first-order chi connectivity index (χ1) is 10.00. The Bertz CT molecular complexity index is 390. The van der Waals surface area contributed by atoms with Crippen molar-refractivity contribution >= 4 is 27.9 Å². The van der Waals surface area contributed by atoms with Crippen LogP contribution in [-0.2, 0) is 4.79 Å². The summed E-state index contributed by atoms with van der Waals surface area (Å²) in [6.07, 6.45) is 7.25. The van der Waals surface area contributed by atoms with Gasteiger partial charge in [0.1, 0.15) is 5.54 Å². The molecule has 5 heteroatoms. The number of halogens is 1. The second-order valence-electron chi connectivity index (χ2n) is 6.85. The number of nitrogens with zero attached hydrogens (tertiary/aromatic N) is 1. The summed E-state index contributed by atoms with van der Waals surface area (Å²) in [5.74, 6) is 0.767. The number of hydrogen-bond donors (Lipinski definition) is 1. The van der Waals surface area contributed by atoms with Crippen LogP contribution in [0.5, 0.6) is 0 Å². The van der Waals surface area contributed by atoms with Crippen molar-refractivity contribution in [2.45, 2.75) is 64.3 Å². The summed E-state index contributed by atoms with van der Waals surface area (Å²) in [5, 5.41) is 3.84. The third kappa shape index (κ3) is 3.61. The Kier molecular flexibility index (Phi) is 5.69. The Morgan fingerprint density at radius 3 is 2.24 bits per heavy atom. The average Bonchev–Trinajstić information content (AvgIpc) is 2.64. The summed E-state index contributed by atoms with van der Waals surface area (Å²) in [6, 6.07) is -0.188. The molecule has 2 fully saturated rings. The number of rotatable bonds is 4. The Balaban J connectivity index is 2.11. The highest BCUT2D eigenvalue weighted by Gasteiger charge is 2.50. The molecule has 1 saturated heterocycles. The second-order valence-corrected chi connectivity index (χ2v) is 7.50. The van der Waals surface area contributed by atoms with Gasteiger partial charge in [0.05, 0.1) is 0 Å². The molecule has 120 valence electrons. The van der Waals surface area contributed by atoms with E-state index in [0.29, 0.717) is 18.4 Å². The molecule has 4 nitrogen and oxygen atoms in total. The van der Waals surface area contributed by atoms with Crippen LogP contribution in [0, 0.1) is 11.8 Å². The molecule has 1 heterocycles. The van der Waals surface area contributed by atoms with Crippen molar-refractivity contribution in [1.29, 1.82) is 0 Å². The zero-order valence-corrected chi connectivity index (χ0v) is 14.7. The van der Waals surface area contributed by atoms with E-state index in [1.807, 2.05) is 0 Å². The monoisotopic (exact) mass is 358 g/mol. The lowest BCUT2D eigenvalue weighted by molar-refractivity contribution is -0.132. The van der Waals surface area contributed by atoms with Crippen molar-refractivity contribution in [3.8, 4) is 0 Å². The summed E-state index contributed by atoms with van der Waals surface area (Å²) in [4.78, 5) is 26.6.